The molecular weight excluding hydrogens is 248 g/mol. The van der Waals surface area contributed by atoms with Gasteiger partial charge < -0.3 is 10.5 Å². The van der Waals surface area contributed by atoms with Crippen molar-refractivity contribution < 1.29 is 9.53 Å². The number of esters is 1. The van der Waals surface area contributed by atoms with E-state index < -0.39 is 0 Å². The molecule has 1 unspecified atom stereocenters. The summed E-state index contributed by atoms with van der Waals surface area (Å²) in [6.45, 7) is 4.48. The first kappa shape index (κ1) is 15.1. The fraction of sp³-hybridized carbons (Fsp3) is 0.692. The highest BCUT2D eigenvalue weighted by atomic mass is 32.1. The van der Waals surface area contributed by atoms with E-state index in [2.05, 4.69) is 11.9 Å². The summed E-state index contributed by atoms with van der Waals surface area (Å²) in [7, 11) is 0. The van der Waals surface area contributed by atoms with Crippen LogP contribution in [0.4, 0.5) is 0 Å². The zero-order chi connectivity index (χ0) is 13.4. The van der Waals surface area contributed by atoms with Gasteiger partial charge in [-0.05, 0) is 19.8 Å². The molecule has 1 atom stereocenters. The van der Waals surface area contributed by atoms with Gasteiger partial charge in [0.15, 0.2) is 5.69 Å². The van der Waals surface area contributed by atoms with E-state index in [1.807, 2.05) is 6.92 Å². The lowest BCUT2D eigenvalue weighted by molar-refractivity contribution is 0.0313. The van der Waals surface area contributed by atoms with E-state index in [0.717, 1.165) is 17.8 Å². The minimum atomic E-state index is -0.339. The molecule has 5 heteroatoms. The molecule has 1 aromatic heterocycles. The first-order valence-electron chi connectivity index (χ1n) is 6.52. The highest BCUT2D eigenvalue weighted by Gasteiger charge is 2.14. The molecule has 1 heterocycles. The van der Waals surface area contributed by atoms with E-state index in [1.165, 1.54) is 30.6 Å². The molecule has 102 valence electrons. The number of rotatable bonds is 8. The van der Waals surface area contributed by atoms with Crippen molar-refractivity contribution in [3.63, 3.8) is 0 Å². The molecule has 0 aliphatic carbocycles. The lowest BCUT2D eigenvalue weighted by Crippen LogP contribution is -2.15. The summed E-state index contributed by atoms with van der Waals surface area (Å²) in [6.07, 6.45) is 5.64. The Labute approximate surface area is 113 Å². The summed E-state index contributed by atoms with van der Waals surface area (Å²) in [4.78, 5) is 15.9. The van der Waals surface area contributed by atoms with Crippen LogP contribution in [0.25, 0.3) is 0 Å². The van der Waals surface area contributed by atoms with Crippen molar-refractivity contribution in [2.24, 2.45) is 5.73 Å². The molecule has 0 fully saturated rings. The Hall–Kier alpha value is -0.940. The van der Waals surface area contributed by atoms with Gasteiger partial charge in [0.25, 0.3) is 0 Å². The predicted octanol–water partition coefficient (Wildman–Crippen LogP) is 3.12. The van der Waals surface area contributed by atoms with E-state index in [-0.39, 0.29) is 12.1 Å². The van der Waals surface area contributed by atoms with Gasteiger partial charge in [-0.1, -0.05) is 26.2 Å². The summed E-state index contributed by atoms with van der Waals surface area (Å²) in [5.41, 5.74) is 5.83. The predicted molar refractivity (Wildman–Crippen MR) is 73.6 cm³/mol. The van der Waals surface area contributed by atoms with Crippen molar-refractivity contribution in [2.45, 2.75) is 58.6 Å². The number of hydrogen-bond donors (Lipinski definition) is 1. The standard InChI is InChI=1S/C13H22N2O2S/c1-3-4-5-6-7-10(2)17-13(16)11-9-18-12(8-14)15-11/h9-10H,3-8,14H2,1-2H3. The molecule has 0 bridgehead atoms. The van der Waals surface area contributed by atoms with Crippen LogP contribution in [0.3, 0.4) is 0 Å². The quantitative estimate of drug-likeness (QED) is 0.582. The minimum absolute atomic E-state index is 0.0441. The molecule has 0 spiro atoms. The average Bonchev–Trinajstić information content (AvgIpc) is 2.83. The molecule has 0 amide bonds. The Morgan fingerprint density at radius 3 is 2.89 bits per heavy atom. The van der Waals surface area contributed by atoms with Gasteiger partial charge >= 0.3 is 5.97 Å². The van der Waals surface area contributed by atoms with Crippen molar-refractivity contribution in [2.75, 3.05) is 0 Å². The monoisotopic (exact) mass is 270 g/mol. The first-order chi connectivity index (χ1) is 8.67. The number of thiazole rings is 1. The Morgan fingerprint density at radius 2 is 2.28 bits per heavy atom. The normalized spacial score (nSPS) is 12.4. The molecule has 0 aromatic carbocycles. The van der Waals surface area contributed by atoms with Gasteiger partial charge in [-0.15, -0.1) is 11.3 Å². The van der Waals surface area contributed by atoms with Crippen LogP contribution in [0.1, 0.15) is 61.4 Å². The highest BCUT2D eigenvalue weighted by Crippen LogP contribution is 2.13. The third-order valence-electron chi connectivity index (χ3n) is 2.71. The van der Waals surface area contributed by atoms with Gasteiger partial charge in [0.1, 0.15) is 5.01 Å². The second-order valence-corrected chi connectivity index (χ2v) is 5.34. The molecule has 0 saturated carbocycles. The van der Waals surface area contributed by atoms with Gasteiger partial charge in [-0.25, -0.2) is 9.78 Å². The van der Waals surface area contributed by atoms with Crippen LogP contribution in [-0.4, -0.2) is 17.1 Å². The topological polar surface area (TPSA) is 65.2 Å². The lowest BCUT2D eigenvalue weighted by Gasteiger charge is -2.11. The van der Waals surface area contributed by atoms with Crippen molar-refractivity contribution in [1.82, 2.24) is 4.98 Å². The van der Waals surface area contributed by atoms with Gasteiger partial charge in [0, 0.05) is 11.9 Å². The van der Waals surface area contributed by atoms with Gasteiger partial charge in [-0.3, -0.25) is 0 Å². The number of nitrogens with zero attached hydrogens (tertiary/aromatic N) is 1. The van der Waals surface area contributed by atoms with E-state index >= 15 is 0 Å². The number of hydrogen-bond acceptors (Lipinski definition) is 5. The van der Waals surface area contributed by atoms with Crippen molar-refractivity contribution in [3.8, 4) is 0 Å². The Bertz CT molecular complexity index is 366. The number of nitrogens with two attached hydrogens (primary N) is 1. The number of carbonyl (C=O) groups is 1. The smallest absolute Gasteiger partial charge is 0.358 e. The third kappa shape index (κ3) is 5.14. The van der Waals surface area contributed by atoms with Crippen LogP contribution in [0.2, 0.25) is 0 Å². The van der Waals surface area contributed by atoms with E-state index in [0.29, 0.717) is 12.2 Å². The maximum Gasteiger partial charge on any atom is 0.358 e. The Morgan fingerprint density at radius 1 is 1.50 bits per heavy atom. The van der Waals surface area contributed by atoms with Gasteiger partial charge in [0.05, 0.1) is 6.10 Å². The number of aromatic nitrogens is 1. The SMILES string of the molecule is CCCCCCC(C)OC(=O)c1csc(CN)n1. The third-order valence-corrected chi connectivity index (χ3v) is 3.58. The zero-order valence-electron chi connectivity index (χ0n) is 11.1. The molecule has 0 aliphatic rings. The highest BCUT2D eigenvalue weighted by molar-refractivity contribution is 7.09. The van der Waals surface area contributed by atoms with Crippen molar-refractivity contribution in [1.29, 1.82) is 0 Å². The molecule has 0 radical (unpaired) electrons. The van der Waals surface area contributed by atoms with Crippen molar-refractivity contribution in [3.05, 3.63) is 16.1 Å². The fourth-order valence-corrected chi connectivity index (χ4v) is 2.30. The van der Waals surface area contributed by atoms with Gasteiger partial charge in [-0.2, -0.15) is 0 Å². The Kier molecular flexibility index (Phi) is 6.90. The van der Waals surface area contributed by atoms with E-state index in [4.69, 9.17) is 10.5 Å². The largest absolute Gasteiger partial charge is 0.458 e. The van der Waals surface area contributed by atoms with E-state index in [9.17, 15) is 4.79 Å². The number of carbonyl (C=O) groups excluding carboxylic acids is 1. The molecule has 18 heavy (non-hydrogen) atoms. The van der Waals surface area contributed by atoms with Crippen LogP contribution >= 0.6 is 11.3 Å². The van der Waals surface area contributed by atoms with Crippen LogP contribution < -0.4 is 5.73 Å². The lowest BCUT2D eigenvalue weighted by atomic mass is 10.1. The fourth-order valence-electron chi connectivity index (χ4n) is 1.66. The van der Waals surface area contributed by atoms with Crippen LogP contribution in [-0.2, 0) is 11.3 Å². The summed E-state index contributed by atoms with van der Waals surface area (Å²) < 4.78 is 5.34. The molecule has 0 aliphatic heterocycles. The maximum atomic E-state index is 11.8. The molecule has 1 aromatic rings. The minimum Gasteiger partial charge on any atom is -0.458 e. The zero-order valence-corrected chi connectivity index (χ0v) is 12.0. The van der Waals surface area contributed by atoms with Crippen LogP contribution in [0.5, 0.6) is 0 Å². The summed E-state index contributed by atoms with van der Waals surface area (Å²) >= 11 is 1.39. The molecule has 1 rings (SSSR count). The van der Waals surface area contributed by atoms with Gasteiger partial charge in [0.2, 0.25) is 0 Å². The summed E-state index contributed by atoms with van der Waals surface area (Å²) in [5, 5.41) is 2.46. The Balaban J connectivity index is 2.30. The molecule has 0 saturated heterocycles. The number of unbranched alkanes of at least 4 members (excludes halogenated alkanes) is 3. The average molecular weight is 270 g/mol. The maximum absolute atomic E-state index is 11.8. The summed E-state index contributed by atoms with van der Waals surface area (Å²) in [5.74, 6) is -0.339. The van der Waals surface area contributed by atoms with Crippen molar-refractivity contribution >= 4 is 17.3 Å². The molecule has 4 nitrogen and oxygen atoms in total. The number of ether oxygens (including phenoxy) is 1. The first-order valence-corrected chi connectivity index (χ1v) is 7.40. The molecule has 2 N–H and O–H groups in total. The second-order valence-electron chi connectivity index (χ2n) is 4.40. The van der Waals surface area contributed by atoms with E-state index in [1.54, 1.807) is 5.38 Å². The second kappa shape index (κ2) is 8.21. The molecular formula is C13H22N2O2S. The van der Waals surface area contributed by atoms with Crippen LogP contribution in [0.15, 0.2) is 5.38 Å². The van der Waals surface area contributed by atoms with Crippen LogP contribution in [0, 0.1) is 0 Å². The summed E-state index contributed by atoms with van der Waals surface area (Å²) in [6, 6.07) is 0.